The molecule has 0 bridgehead atoms. The summed E-state index contributed by atoms with van der Waals surface area (Å²) in [6, 6.07) is 9.35. The van der Waals surface area contributed by atoms with Crippen LogP contribution in [0.25, 0.3) is 0 Å². The number of hydrogen-bond donors (Lipinski definition) is 2. The Balaban J connectivity index is 1.31. The van der Waals surface area contributed by atoms with Crippen LogP contribution in [0.2, 0.25) is 0 Å². The van der Waals surface area contributed by atoms with Crippen LogP contribution in [-0.4, -0.2) is 49.3 Å². The number of nitrogens with zero attached hydrogens (tertiary/aromatic N) is 1. The summed E-state index contributed by atoms with van der Waals surface area (Å²) < 4.78 is 21.6. The van der Waals surface area contributed by atoms with Gasteiger partial charge in [0.25, 0.3) is 5.91 Å². The number of carbonyl (C=O) groups excluding carboxylic acids is 3. The van der Waals surface area contributed by atoms with Crippen molar-refractivity contribution in [2.45, 2.75) is 12.5 Å². The van der Waals surface area contributed by atoms with Gasteiger partial charge in [-0.05, 0) is 36.8 Å². The van der Waals surface area contributed by atoms with Gasteiger partial charge in [0.1, 0.15) is 25.3 Å². The molecule has 0 saturated carbocycles. The number of fused-ring (bicyclic) bond motifs is 2. The predicted molar refractivity (Wildman–Crippen MR) is 106 cm³/mol. The van der Waals surface area contributed by atoms with Crippen molar-refractivity contribution in [1.29, 1.82) is 0 Å². The number of ether oxygens (including phenoxy) is 4. The summed E-state index contributed by atoms with van der Waals surface area (Å²) in [4.78, 5) is 39.0. The van der Waals surface area contributed by atoms with Crippen LogP contribution < -0.4 is 29.6 Å². The van der Waals surface area contributed by atoms with Gasteiger partial charge in [-0.3, -0.25) is 14.5 Å². The molecule has 2 aromatic carbocycles. The maximum absolute atomic E-state index is 13.1. The van der Waals surface area contributed by atoms with E-state index in [9.17, 15) is 14.4 Å². The largest absolute Gasteiger partial charge is 0.486 e. The molecule has 3 aliphatic rings. The molecule has 1 atom stereocenters. The summed E-state index contributed by atoms with van der Waals surface area (Å²) in [5, 5.41) is 5.34. The van der Waals surface area contributed by atoms with Gasteiger partial charge < -0.3 is 29.6 Å². The molecule has 5 rings (SSSR count). The monoisotopic (exact) mass is 425 g/mol. The first-order valence-corrected chi connectivity index (χ1v) is 9.68. The van der Waals surface area contributed by atoms with Gasteiger partial charge in [-0.1, -0.05) is 6.07 Å². The first-order valence-electron chi connectivity index (χ1n) is 9.68. The summed E-state index contributed by atoms with van der Waals surface area (Å²) >= 11 is 0. The lowest BCUT2D eigenvalue weighted by molar-refractivity contribution is -0.133. The fourth-order valence-electron chi connectivity index (χ4n) is 3.71. The molecule has 0 unspecified atom stereocenters. The summed E-state index contributed by atoms with van der Waals surface area (Å²) in [6.07, 6.45) is 0. The molecular weight excluding hydrogens is 406 g/mol. The molecule has 0 radical (unpaired) electrons. The Kier molecular flexibility index (Phi) is 4.35. The Labute approximate surface area is 177 Å². The maximum atomic E-state index is 13.1. The molecule has 2 aromatic rings. The molecular formula is C21H19N3O7. The highest BCUT2D eigenvalue weighted by atomic mass is 16.7. The Morgan fingerprint density at radius 2 is 1.68 bits per heavy atom. The van der Waals surface area contributed by atoms with Gasteiger partial charge in [0.2, 0.25) is 12.7 Å². The second kappa shape index (κ2) is 7.08. The summed E-state index contributed by atoms with van der Waals surface area (Å²) in [6.45, 7) is 2.13. The number of imide groups is 1. The highest BCUT2D eigenvalue weighted by Gasteiger charge is 2.49. The minimum atomic E-state index is -1.33. The molecule has 0 spiro atoms. The van der Waals surface area contributed by atoms with Gasteiger partial charge in [0.15, 0.2) is 23.0 Å². The summed E-state index contributed by atoms with van der Waals surface area (Å²) in [5.74, 6) is 1.13. The van der Waals surface area contributed by atoms with E-state index in [-0.39, 0.29) is 6.79 Å². The number of anilines is 1. The number of hydrogen-bond acceptors (Lipinski definition) is 7. The van der Waals surface area contributed by atoms with Gasteiger partial charge in [-0.15, -0.1) is 0 Å². The van der Waals surface area contributed by atoms with E-state index in [0.29, 0.717) is 47.5 Å². The molecule has 31 heavy (non-hydrogen) atoms. The van der Waals surface area contributed by atoms with Crippen LogP contribution in [0, 0.1) is 0 Å². The number of rotatable bonds is 4. The van der Waals surface area contributed by atoms with E-state index in [1.54, 1.807) is 43.3 Å². The van der Waals surface area contributed by atoms with Gasteiger partial charge in [-0.25, -0.2) is 4.79 Å². The molecule has 0 aliphatic carbocycles. The lowest BCUT2D eigenvalue weighted by atomic mass is 9.91. The quantitative estimate of drug-likeness (QED) is 0.715. The van der Waals surface area contributed by atoms with Gasteiger partial charge in [0, 0.05) is 11.8 Å². The van der Waals surface area contributed by atoms with Gasteiger partial charge in [0.05, 0.1) is 0 Å². The number of urea groups is 1. The van der Waals surface area contributed by atoms with E-state index in [1.165, 1.54) is 0 Å². The van der Waals surface area contributed by atoms with Gasteiger partial charge >= 0.3 is 6.03 Å². The first-order chi connectivity index (χ1) is 14.9. The third-order valence-corrected chi connectivity index (χ3v) is 5.35. The van der Waals surface area contributed by atoms with Crippen LogP contribution in [-0.2, 0) is 15.1 Å². The van der Waals surface area contributed by atoms with Crippen molar-refractivity contribution in [3.63, 3.8) is 0 Å². The number of amides is 4. The third-order valence-electron chi connectivity index (χ3n) is 5.35. The van der Waals surface area contributed by atoms with Crippen LogP contribution >= 0.6 is 0 Å². The molecule has 160 valence electrons. The van der Waals surface area contributed by atoms with Crippen molar-refractivity contribution in [1.82, 2.24) is 10.2 Å². The molecule has 2 N–H and O–H groups in total. The first kappa shape index (κ1) is 19.0. The molecule has 1 fully saturated rings. The Morgan fingerprint density at radius 3 is 2.52 bits per heavy atom. The minimum Gasteiger partial charge on any atom is -0.486 e. The second-order valence-electron chi connectivity index (χ2n) is 7.42. The number of carbonyl (C=O) groups is 3. The minimum absolute atomic E-state index is 0.119. The SMILES string of the molecule is C[C@@]1(c2ccc3c(c2)OCCO3)NC(=O)N(CC(=O)Nc2ccc3c(c2)OCO3)C1=O. The third kappa shape index (κ3) is 3.25. The summed E-state index contributed by atoms with van der Waals surface area (Å²) in [5.41, 5.74) is -0.323. The standard InChI is InChI=1S/C21H19N3O7/c1-21(12-2-4-14-16(8-12)29-7-6-28-14)19(26)24(20(27)23-21)10-18(25)22-13-3-5-15-17(9-13)31-11-30-15/h2-5,8-9H,6-7,10-11H2,1H3,(H,22,25)(H,23,27)/t21-/m0/s1. The average molecular weight is 425 g/mol. The van der Waals surface area contributed by atoms with Crippen LogP contribution in [0.15, 0.2) is 36.4 Å². The fraction of sp³-hybridized carbons (Fsp3) is 0.286. The van der Waals surface area contributed by atoms with Crippen LogP contribution in [0.4, 0.5) is 10.5 Å². The normalized spacial score (nSPS) is 21.1. The van der Waals surface area contributed by atoms with E-state index in [2.05, 4.69) is 10.6 Å². The van der Waals surface area contributed by atoms with Crippen molar-refractivity contribution in [2.75, 3.05) is 31.9 Å². The molecule has 4 amide bonds. The Bertz CT molecular complexity index is 1100. The molecule has 3 aliphatic heterocycles. The van der Waals surface area contributed by atoms with Crippen molar-refractivity contribution in [2.24, 2.45) is 0 Å². The van der Waals surface area contributed by atoms with Crippen LogP contribution in [0.1, 0.15) is 12.5 Å². The smallest absolute Gasteiger partial charge is 0.325 e. The highest BCUT2D eigenvalue weighted by molar-refractivity contribution is 6.10. The lowest BCUT2D eigenvalue weighted by Gasteiger charge is -2.25. The Morgan fingerprint density at radius 1 is 1.00 bits per heavy atom. The molecule has 1 saturated heterocycles. The number of nitrogens with one attached hydrogen (secondary N) is 2. The van der Waals surface area contributed by atoms with E-state index in [4.69, 9.17) is 18.9 Å². The topological polar surface area (TPSA) is 115 Å². The van der Waals surface area contributed by atoms with Crippen LogP contribution in [0.3, 0.4) is 0 Å². The van der Waals surface area contributed by atoms with E-state index in [0.717, 1.165) is 4.90 Å². The van der Waals surface area contributed by atoms with Crippen molar-refractivity contribution < 1.29 is 33.3 Å². The van der Waals surface area contributed by atoms with Crippen molar-refractivity contribution in [3.05, 3.63) is 42.0 Å². The van der Waals surface area contributed by atoms with E-state index < -0.39 is 29.9 Å². The lowest BCUT2D eigenvalue weighted by Crippen LogP contribution is -2.42. The summed E-state index contributed by atoms with van der Waals surface area (Å²) in [7, 11) is 0. The van der Waals surface area contributed by atoms with E-state index >= 15 is 0 Å². The number of benzene rings is 2. The fourth-order valence-corrected chi connectivity index (χ4v) is 3.71. The zero-order valence-corrected chi connectivity index (χ0v) is 16.6. The zero-order valence-electron chi connectivity index (χ0n) is 16.6. The molecule has 10 nitrogen and oxygen atoms in total. The van der Waals surface area contributed by atoms with Crippen molar-refractivity contribution in [3.8, 4) is 23.0 Å². The average Bonchev–Trinajstić information content (AvgIpc) is 3.32. The van der Waals surface area contributed by atoms with Crippen molar-refractivity contribution >= 4 is 23.5 Å². The molecule has 3 heterocycles. The molecule has 0 aromatic heterocycles. The maximum Gasteiger partial charge on any atom is 0.325 e. The zero-order chi connectivity index (χ0) is 21.6. The van der Waals surface area contributed by atoms with E-state index in [1.807, 2.05) is 0 Å². The van der Waals surface area contributed by atoms with Gasteiger partial charge in [-0.2, -0.15) is 0 Å². The highest BCUT2D eigenvalue weighted by Crippen LogP contribution is 2.37. The van der Waals surface area contributed by atoms with Crippen LogP contribution in [0.5, 0.6) is 23.0 Å². The second-order valence-corrected chi connectivity index (χ2v) is 7.42. The predicted octanol–water partition coefficient (Wildman–Crippen LogP) is 1.59. The Hall–Kier alpha value is -3.95. The molecule has 10 heteroatoms.